The van der Waals surface area contributed by atoms with Gasteiger partial charge in [-0.15, -0.1) is 22.7 Å². The molecule has 0 unspecified atom stereocenters. The third kappa shape index (κ3) is 3.96. The monoisotopic (exact) mass is 329 g/mol. The van der Waals surface area contributed by atoms with Crippen LogP contribution in [0.25, 0.3) is 6.08 Å². The summed E-state index contributed by atoms with van der Waals surface area (Å²) in [5.41, 5.74) is 0. The Morgan fingerprint density at radius 2 is 1.73 bits per heavy atom. The Morgan fingerprint density at radius 1 is 1.05 bits per heavy atom. The quantitative estimate of drug-likeness (QED) is 0.617. The van der Waals surface area contributed by atoms with Crippen molar-refractivity contribution in [1.82, 2.24) is 4.90 Å². The highest BCUT2D eigenvalue weighted by molar-refractivity contribution is 7.10. The Hall–Kier alpha value is -2.11. The SMILES string of the molecule is O=C(C=Cc1ccco1)N(Cc1cccs1)Cc1cccs1. The third-order valence-electron chi connectivity index (χ3n) is 3.10. The van der Waals surface area contributed by atoms with Gasteiger partial charge in [-0.25, -0.2) is 0 Å². The summed E-state index contributed by atoms with van der Waals surface area (Å²) in [5.74, 6) is 0.666. The highest BCUT2D eigenvalue weighted by Gasteiger charge is 2.13. The molecule has 0 atom stereocenters. The molecule has 0 fully saturated rings. The second kappa shape index (κ2) is 7.24. The Labute approximate surface area is 137 Å². The van der Waals surface area contributed by atoms with Crippen molar-refractivity contribution >= 4 is 34.7 Å². The van der Waals surface area contributed by atoms with E-state index in [1.165, 1.54) is 9.75 Å². The molecule has 0 N–H and O–H groups in total. The number of nitrogens with zero attached hydrogens (tertiary/aromatic N) is 1. The second-order valence-electron chi connectivity index (χ2n) is 4.70. The molecule has 112 valence electrons. The van der Waals surface area contributed by atoms with Crippen LogP contribution in [0.5, 0.6) is 0 Å². The van der Waals surface area contributed by atoms with E-state index in [4.69, 9.17) is 4.42 Å². The Morgan fingerprint density at radius 3 is 2.23 bits per heavy atom. The molecule has 3 nitrogen and oxygen atoms in total. The highest BCUT2D eigenvalue weighted by Crippen LogP contribution is 2.18. The highest BCUT2D eigenvalue weighted by atomic mass is 32.1. The van der Waals surface area contributed by atoms with Gasteiger partial charge in [0.25, 0.3) is 0 Å². The summed E-state index contributed by atoms with van der Waals surface area (Å²) < 4.78 is 5.22. The molecule has 0 aliphatic heterocycles. The van der Waals surface area contributed by atoms with Gasteiger partial charge in [0.2, 0.25) is 5.91 Å². The Balaban J connectivity index is 1.73. The molecule has 0 aliphatic carbocycles. The fraction of sp³-hybridized carbons (Fsp3) is 0.118. The van der Waals surface area contributed by atoms with Gasteiger partial charge in [0.15, 0.2) is 0 Å². The first kappa shape index (κ1) is 14.8. The van der Waals surface area contributed by atoms with Crippen molar-refractivity contribution < 1.29 is 9.21 Å². The summed E-state index contributed by atoms with van der Waals surface area (Å²) in [5, 5.41) is 4.06. The molecule has 0 saturated heterocycles. The predicted molar refractivity (Wildman–Crippen MR) is 90.6 cm³/mol. The lowest BCUT2D eigenvalue weighted by Crippen LogP contribution is -2.27. The van der Waals surface area contributed by atoms with Crippen LogP contribution in [-0.4, -0.2) is 10.8 Å². The van der Waals surface area contributed by atoms with Crippen LogP contribution < -0.4 is 0 Å². The van der Waals surface area contributed by atoms with Crippen LogP contribution in [0.3, 0.4) is 0 Å². The van der Waals surface area contributed by atoms with Crippen LogP contribution in [0.15, 0.2) is 63.9 Å². The number of hydrogen-bond donors (Lipinski definition) is 0. The molecule has 0 saturated carbocycles. The zero-order chi connectivity index (χ0) is 15.2. The van der Waals surface area contributed by atoms with E-state index in [0.29, 0.717) is 18.8 Å². The minimum Gasteiger partial charge on any atom is -0.465 e. The van der Waals surface area contributed by atoms with Crippen molar-refractivity contribution in [2.75, 3.05) is 0 Å². The number of furan rings is 1. The maximum absolute atomic E-state index is 12.5. The average molecular weight is 329 g/mol. The molecule has 1 amide bonds. The van der Waals surface area contributed by atoms with Crippen LogP contribution in [0.4, 0.5) is 0 Å². The van der Waals surface area contributed by atoms with Crippen molar-refractivity contribution in [3.05, 3.63) is 75.0 Å². The summed E-state index contributed by atoms with van der Waals surface area (Å²) in [4.78, 5) is 16.7. The van der Waals surface area contributed by atoms with Crippen molar-refractivity contribution in [3.63, 3.8) is 0 Å². The lowest BCUT2D eigenvalue weighted by atomic mass is 10.3. The van der Waals surface area contributed by atoms with Gasteiger partial charge in [0.1, 0.15) is 5.76 Å². The predicted octanol–water partition coefficient (Wildman–Crippen LogP) is 4.64. The van der Waals surface area contributed by atoms with Crippen LogP contribution in [0.1, 0.15) is 15.5 Å². The van der Waals surface area contributed by atoms with Gasteiger partial charge in [-0.3, -0.25) is 4.79 Å². The van der Waals surface area contributed by atoms with E-state index < -0.39 is 0 Å². The number of rotatable bonds is 6. The zero-order valence-corrected chi connectivity index (χ0v) is 13.5. The first-order valence-electron chi connectivity index (χ1n) is 6.86. The van der Waals surface area contributed by atoms with Gasteiger partial charge in [-0.2, -0.15) is 0 Å². The molecular weight excluding hydrogens is 314 g/mol. The summed E-state index contributed by atoms with van der Waals surface area (Å²) >= 11 is 3.33. The normalized spacial score (nSPS) is 11.1. The van der Waals surface area contributed by atoms with Crippen molar-refractivity contribution in [2.45, 2.75) is 13.1 Å². The molecule has 0 aliphatic rings. The molecule has 5 heteroatoms. The van der Waals surface area contributed by atoms with Gasteiger partial charge < -0.3 is 9.32 Å². The minimum absolute atomic E-state index is 0.0156. The van der Waals surface area contributed by atoms with Crippen molar-refractivity contribution in [2.24, 2.45) is 0 Å². The fourth-order valence-corrected chi connectivity index (χ4v) is 3.48. The number of amides is 1. The van der Waals surface area contributed by atoms with Crippen LogP contribution >= 0.6 is 22.7 Å². The van der Waals surface area contributed by atoms with Gasteiger partial charge in [0.05, 0.1) is 19.4 Å². The number of thiophene rings is 2. The van der Waals surface area contributed by atoms with E-state index in [-0.39, 0.29) is 5.91 Å². The standard InChI is InChI=1S/C17H15NO2S2/c19-17(8-7-14-4-1-9-20-14)18(12-15-5-2-10-21-15)13-16-6-3-11-22-16/h1-11H,12-13H2. The lowest BCUT2D eigenvalue weighted by molar-refractivity contribution is -0.127. The molecule has 3 rings (SSSR count). The van der Waals surface area contributed by atoms with E-state index in [1.807, 2.05) is 33.9 Å². The Bertz CT molecular complexity index is 677. The number of hydrogen-bond acceptors (Lipinski definition) is 4. The fourth-order valence-electron chi connectivity index (χ4n) is 2.04. The lowest BCUT2D eigenvalue weighted by Gasteiger charge is -2.19. The van der Waals surface area contributed by atoms with Crippen molar-refractivity contribution in [3.8, 4) is 0 Å². The molecule has 3 aromatic rings. The van der Waals surface area contributed by atoms with E-state index >= 15 is 0 Å². The average Bonchev–Trinajstić information content (AvgIpc) is 3.27. The van der Waals surface area contributed by atoms with E-state index in [9.17, 15) is 4.79 Å². The molecular formula is C17H15NO2S2. The van der Waals surface area contributed by atoms with Crippen LogP contribution in [-0.2, 0) is 17.9 Å². The molecule has 3 heterocycles. The smallest absolute Gasteiger partial charge is 0.247 e. The zero-order valence-electron chi connectivity index (χ0n) is 11.8. The minimum atomic E-state index is -0.0156. The summed E-state index contributed by atoms with van der Waals surface area (Å²) in [6.07, 6.45) is 4.87. The first-order chi connectivity index (χ1) is 10.8. The number of carbonyl (C=O) groups is 1. The second-order valence-corrected chi connectivity index (χ2v) is 6.77. The summed E-state index contributed by atoms with van der Waals surface area (Å²) in [7, 11) is 0. The largest absolute Gasteiger partial charge is 0.465 e. The maximum atomic E-state index is 12.5. The molecule has 0 aromatic carbocycles. The van der Waals surface area contributed by atoms with Crippen LogP contribution in [0.2, 0.25) is 0 Å². The van der Waals surface area contributed by atoms with Gasteiger partial charge >= 0.3 is 0 Å². The van der Waals surface area contributed by atoms with Gasteiger partial charge in [0, 0.05) is 15.8 Å². The van der Waals surface area contributed by atoms with E-state index in [2.05, 4.69) is 12.1 Å². The van der Waals surface area contributed by atoms with Crippen molar-refractivity contribution in [1.29, 1.82) is 0 Å². The summed E-state index contributed by atoms with van der Waals surface area (Å²) in [6.45, 7) is 1.24. The molecule has 0 radical (unpaired) electrons. The molecule has 0 spiro atoms. The van der Waals surface area contributed by atoms with E-state index in [1.54, 1.807) is 47.2 Å². The molecule has 0 bridgehead atoms. The molecule has 22 heavy (non-hydrogen) atoms. The summed E-state index contributed by atoms with van der Waals surface area (Å²) in [6, 6.07) is 11.7. The van der Waals surface area contributed by atoms with Gasteiger partial charge in [-0.1, -0.05) is 12.1 Å². The maximum Gasteiger partial charge on any atom is 0.247 e. The van der Waals surface area contributed by atoms with E-state index in [0.717, 1.165) is 0 Å². The first-order valence-corrected chi connectivity index (χ1v) is 8.62. The third-order valence-corrected chi connectivity index (χ3v) is 4.82. The number of carbonyl (C=O) groups excluding carboxylic acids is 1. The van der Waals surface area contributed by atoms with Crippen LogP contribution in [0, 0.1) is 0 Å². The van der Waals surface area contributed by atoms with Gasteiger partial charge in [-0.05, 0) is 41.1 Å². The Kier molecular flexibility index (Phi) is 4.88. The molecule has 3 aromatic heterocycles. The topological polar surface area (TPSA) is 33.5 Å².